The van der Waals surface area contributed by atoms with Crippen molar-refractivity contribution in [2.75, 3.05) is 5.32 Å². The first-order valence-corrected chi connectivity index (χ1v) is 9.29. The molecule has 0 atom stereocenters. The van der Waals surface area contributed by atoms with Crippen LogP contribution in [0.15, 0.2) is 35.0 Å². The van der Waals surface area contributed by atoms with Gasteiger partial charge in [0, 0.05) is 17.7 Å². The quantitative estimate of drug-likeness (QED) is 0.642. The maximum absolute atomic E-state index is 13.3. The Hall–Kier alpha value is -3.49. The molecular weight excluding hydrogens is 396 g/mol. The number of rotatable bonds is 4. The Morgan fingerprint density at radius 1 is 1.13 bits per heavy atom. The van der Waals surface area contributed by atoms with E-state index in [1.54, 1.807) is 32.2 Å². The van der Waals surface area contributed by atoms with Gasteiger partial charge in [0.1, 0.15) is 11.4 Å². The minimum Gasteiger partial charge on any atom is -0.395 e. The standard InChI is InChI=1S/C21H19F2N3O4/c1-10(2)19-18(12(4)26-30-19)20(27)25-17-6-5-13(9-24-17)14-8-16-15(7-11(14)3)28-21(22,23)29-16/h5-10H,1-4H3,(H,24,25,27). The number of nitrogens with one attached hydrogen (secondary N) is 1. The number of nitrogens with zero attached hydrogens (tertiary/aromatic N) is 2. The highest BCUT2D eigenvalue weighted by atomic mass is 19.3. The Morgan fingerprint density at radius 2 is 1.83 bits per heavy atom. The molecule has 4 rings (SSSR count). The second kappa shape index (κ2) is 7.08. The molecule has 1 aliphatic rings. The van der Waals surface area contributed by atoms with Gasteiger partial charge in [-0.15, -0.1) is 8.78 Å². The van der Waals surface area contributed by atoms with Crippen molar-refractivity contribution in [2.24, 2.45) is 0 Å². The Kier molecular flexibility index (Phi) is 4.68. The highest BCUT2D eigenvalue weighted by molar-refractivity contribution is 6.05. The van der Waals surface area contributed by atoms with Crippen LogP contribution in [0.3, 0.4) is 0 Å². The summed E-state index contributed by atoms with van der Waals surface area (Å²) in [7, 11) is 0. The van der Waals surface area contributed by atoms with Gasteiger partial charge in [0.15, 0.2) is 17.3 Å². The van der Waals surface area contributed by atoms with Crippen molar-refractivity contribution in [3.8, 4) is 22.6 Å². The van der Waals surface area contributed by atoms with Crippen molar-refractivity contribution in [3.05, 3.63) is 53.0 Å². The zero-order chi connectivity index (χ0) is 21.6. The number of amides is 1. The second-order valence-corrected chi connectivity index (χ2v) is 7.33. The van der Waals surface area contributed by atoms with Crippen LogP contribution in [-0.4, -0.2) is 22.3 Å². The van der Waals surface area contributed by atoms with Gasteiger partial charge in [-0.3, -0.25) is 4.79 Å². The van der Waals surface area contributed by atoms with E-state index in [0.717, 1.165) is 5.56 Å². The maximum atomic E-state index is 13.3. The molecule has 0 radical (unpaired) electrons. The maximum Gasteiger partial charge on any atom is 0.586 e. The van der Waals surface area contributed by atoms with E-state index in [4.69, 9.17) is 4.52 Å². The summed E-state index contributed by atoms with van der Waals surface area (Å²) in [4.78, 5) is 16.9. The number of pyridine rings is 1. The Labute approximate surface area is 171 Å². The summed E-state index contributed by atoms with van der Waals surface area (Å²) in [5, 5.41) is 6.60. The van der Waals surface area contributed by atoms with Crippen molar-refractivity contribution >= 4 is 11.7 Å². The minimum absolute atomic E-state index is 0.00338. The lowest BCUT2D eigenvalue weighted by Gasteiger charge is -2.09. The first-order valence-electron chi connectivity index (χ1n) is 9.29. The number of halogens is 2. The van der Waals surface area contributed by atoms with Gasteiger partial charge < -0.3 is 19.3 Å². The average Bonchev–Trinajstić information content (AvgIpc) is 3.19. The summed E-state index contributed by atoms with van der Waals surface area (Å²) in [5.74, 6) is 0.437. The molecule has 0 spiro atoms. The largest absolute Gasteiger partial charge is 0.586 e. The Morgan fingerprint density at radius 3 is 2.47 bits per heavy atom. The monoisotopic (exact) mass is 415 g/mol. The van der Waals surface area contributed by atoms with Crippen LogP contribution >= 0.6 is 0 Å². The number of aromatic nitrogens is 2. The van der Waals surface area contributed by atoms with Crippen LogP contribution in [0, 0.1) is 13.8 Å². The van der Waals surface area contributed by atoms with Gasteiger partial charge in [0.25, 0.3) is 5.91 Å². The summed E-state index contributed by atoms with van der Waals surface area (Å²) in [6.45, 7) is 7.29. The minimum atomic E-state index is -3.67. The Balaban J connectivity index is 1.56. The molecule has 1 N–H and O–H groups in total. The number of carbonyl (C=O) groups is 1. The molecule has 1 aliphatic heterocycles. The van der Waals surface area contributed by atoms with Crippen molar-refractivity contribution in [1.29, 1.82) is 0 Å². The fourth-order valence-corrected chi connectivity index (χ4v) is 3.27. The van der Waals surface area contributed by atoms with Crippen LogP contribution in [0.25, 0.3) is 11.1 Å². The summed E-state index contributed by atoms with van der Waals surface area (Å²) in [5.41, 5.74) is 2.95. The van der Waals surface area contributed by atoms with Gasteiger partial charge in [-0.2, -0.15) is 0 Å². The van der Waals surface area contributed by atoms with Crippen LogP contribution in [0.5, 0.6) is 11.5 Å². The van der Waals surface area contributed by atoms with Gasteiger partial charge in [0.2, 0.25) is 0 Å². The highest BCUT2D eigenvalue weighted by Crippen LogP contribution is 2.44. The molecule has 0 saturated carbocycles. The SMILES string of the molecule is Cc1cc2c(cc1-c1ccc(NC(=O)c3c(C)noc3C(C)C)nc1)OC(F)(F)O2. The Bertz CT molecular complexity index is 1120. The number of fused-ring (bicyclic) bond motifs is 1. The number of ether oxygens (including phenoxy) is 2. The smallest absolute Gasteiger partial charge is 0.395 e. The van der Waals surface area contributed by atoms with E-state index in [2.05, 4.69) is 24.9 Å². The summed E-state index contributed by atoms with van der Waals surface area (Å²) < 4.78 is 40.8. The van der Waals surface area contributed by atoms with Gasteiger partial charge in [-0.1, -0.05) is 19.0 Å². The molecule has 3 aromatic rings. The third-order valence-corrected chi connectivity index (χ3v) is 4.70. The number of aryl methyl sites for hydroxylation is 2. The topological polar surface area (TPSA) is 86.5 Å². The summed E-state index contributed by atoms with van der Waals surface area (Å²) in [6.07, 6.45) is -2.13. The van der Waals surface area contributed by atoms with Gasteiger partial charge in [-0.05, 0) is 49.2 Å². The van der Waals surface area contributed by atoms with E-state index >= 15 is 0 Å². The molecule has 3 heterocycles. The van der Waals surface area contributed by atoms with Crippen molar-refractivity contribution in [3.63, 3.8) is 0 Å². The van der Waals surface area contributed by atoms with Crippen LogP contribution in [-0.2, 0) is 0 Å². The number of carbonyl (C=O) groups excluding carboxylic acids is 1. The van der Waals surface area contributed by atoms with E-state index in [1.807, 2.05) is 13.8 Å². The molecule has 0 aliphatic carbocycles. The fourth-order valence-electron chi connectivity index (χ4n) is 3.27. The predicted octanol–water partition coefficient (Wildman–Crippen LogP) is 5.05. The zero-order valence-electron chi connectivity index (χ0n) is 16.7. The number of anilines is 1. The van der Waals surface area contributed by atoms with E-state index in [1.165, 1.54) is 12.1 Å². The molecule has 156 valence electrons. The fraction of sp³-hybridized carbons (Fsp3) is 0.286. The summed E-state index contributed by atoms with van der Waals surface area (Å²) >= 11 is 0. The lowest BCUT2D eigenvalue weighted by Crippen LogP contribution is -2.25. The van der Waals surface area contributed by atoms with E-state index < -0.39 is 6.29 Å². The second-order valence-electron chi connectivity index (χ2n) is 7.33. The average molecular weight is 415 g/mol. The van der Waals surface area contributed by atoms with Gasteiger partial charge >= 0.3 is 6.29 Å². The molecule has 9 heteroatoms. The third-order valence-electron chi connectivity index (χ3n) is 4.70. The van der Waals surface area contributed by atoms with Gasteiger partial charge in [0.05, 0.1) is 5.69 Å². The predicted molar refractivity (Wildman–Crippen MR) is 104 cm³/mol. The van der Waals surface area contributed by atoms with Crippen molar-refractivity contribution < 1.29 is 27.6 Å². The normalized spacial score (nSPS) is 14.2. The number of hydrogen-bond donors (Lipinski definition) is 1. The molecule has 7 nitrogen and oxygen atoms in total. The lowest BCUT2D eigenvalue weighted by molar-refractivity contribution is -0.286. The van der Waals surface area contributed by atoms with Gasteiger partial charge in [-0.25, -0.2) is 4.98 Å². The lowest BCUT2D eigenvalue weighted by atomic mass is 10.0. The molecule has 2 aromatic heterocycles. The zero-order valence-corrected chi connectivity index (χ0v) is 16.7. The van der Waals surface area contributed by atoms with Crippen molar-refractivity contribution in [2.45, 2.75) is 39.9 Å². The first kappa shape index (κ1) is 19.8. The van der Waals surface area contributed by atoms with E-state index in [-0.39, 0.29) is 23.3 Å². The highest BCUT2D eigenvalue weighted by Gasteiger charge is 2.43. The summed E-state index contributed by atoms with van der Waals surface area (Å²) in [6, 6.07) is 6.33. The van der Waals surface area contributed by atoms with E-state index in [9.17, 15) is 13.6 Å². The van der Waals surface area contributed by atoms with Crippen LogP contribution in [0.1, 0.15) is 47.1 Å². The number of hydrogen-bond acceptors (Lipinski definition) is 6. The molecule has 0 bridgehead atoms. The van der Waals surface area contributed by atoms with E-state index in [0.29, 0.717) is 34.0 Å². The molecule has 0 saturated heterocycles. The number of benzene rings is 1. The van der Waals surface area contributed by atoms with Crippen molar-refractivity contribution in [1.82, 2.24) is 10.1 Å². The third kappa shape index (κ3) is 3.58. The molecule has 0 unspecified atom stereocenters. The molecule has 0 fully saturated rings. The molecule has 30 heavy (non-hydrogen) atoms. The van der Waals surface area contributed by atoms with Crippen LogP contribution < -0.4 is 14.8 Å². The van der Waals surface area contributed by atoms with Crippen LogP contribution in [0.4, 0.5) is 14.6 Å². The molecule has 1 amide bonds. The number of alkyl halides is 2. The first-order chi connectivity index (χ1) is 14.1. The molecule has 1 aromatic carbocycles. The van der Waals surface area contributed by atoms with Crippen LogP contribution in [0.2, 0.25) is 0 Å². The molecular formula is C21H19F2N3O4.